The van der Waals surface area contributed by atoms with Gasteiger partial charge in [-0.2, -0.15) is 13.2 Å². The Labute approximate surface area is 50.4 Å². The maximum Gasteiger partial charge on any atom is 0.405 e. The third kappa shape index (κ3) is 1.56. The van der Waals surface area contributed by atoms with Gasteiger partial charge in [-0.15, -0.1) is 0 Å². The van der Waals surface area contributed by atoms with Crippen molar-refractivity contribution in [1.29, 1.82) is 0 Å². The van der Waals surface area contributed by atoms with Crippen LogP contribution in [-0.4, -0.2) is 18.8 Å². The summed E-state index contributed by atoms with van der Waals surface area (Å²) < 4.78 is 34.9. The highest BCUT2D eigenvalue weighted by Gasteiger charge is 2.41. The molecule has 0 amide bonds. The van der Waals surface area contributed by atoms with Gasteiger partial charge in [-0.1, -0.05) is 0 Å². The number of rotatable bonds is 0. The van der Waals surface area contributed by atoms with E-state index in [4.69, 9.17) is 0 Å². The molecular formula is C4H6F3N2. The van der Waals surface area contributed by atoms with Gasteiger partial charge < -0.3 is 0 Å². The molecule has 1 saturated heterocycles. The molecule has 1 unspecified atom stereocenters. The molecule has 1 aliphatic rings. The summed E-state index contributed by atoms with van der Waals surface area (Å²) in [6, 6.07) is -1.47. The van der Waals surface area contributed by atoms with Crippen molar-refractivity contribution in [2.45, 2.75) is 12.2 Å². The van der Waals surface area contributed by atoms with E-state index in [-0.39, 0.29) is 6.54 Å². The molecule has 53 valence electrons. The van der Waals surface area contributed by atoms with Gasteiger partial charge in [0.15, 0.2) is 0 Å². The zero-order valence-corrected chi connectivity index (χ0v) is 4.50. The van der Waals surface area contributed by atoms with Gasteiger partial charge in [0.25, 0.3) is 0 Å². The SMILES string of the molecule is FC(F)(F)C1[CH]CNN1. The topological polar surface area (TPSA) is 24.1 Å². The van der Waals surface area contributed by atoms with Crippen LogP contribution in [0.4, 0.5) is 13.2 Å². The summed E-state index contributed by atoms with van der Waals surface area (Å²) in [5, 5.41) is 0. The summed E-state index contributed by atoms with van der Waals surface area (Å²) >= 11 is 0. The first-order chi connectivity index (χ1) is 4.11. The van der Waals surface area contributed by atoms with Crippen LogP contribution >= 0.6 is 0 Å². The largest absolute Gasteiger partial charge is 0.405 e. The van der Waals surface area contributed by atoms with Crippen LogP contribution < -0.4 is 10.9 Å². The first kappa shape index (κ1) is 6.82. The van der Waals surface area contributed by atoms with Gasteiger partial charge in [0.05, 0.1) is 0 Å². The number of hydrazine groups is 1. The minimum absolute atomic E-state index is 0.268. The van der Waals surface area contributed by atoms with E-state index in [0.717, 1.165) is 6.42 Å². The van der Waals surface area contributed by atoms with E-state index < -0.39 is 12.2 Å². The first-order valence-electron chi connectivity index (χ1n) is 2.49. The van der Waals surface area contributed by atoms with E-state index in [1.165, 1.54) is 0 Å². The summed E-state index contributed by atoms with van der Waals surface area (Å²) in [6.07, 6.45) is -3.01. The highest BCUT2D eigenvalue weighted by molar-refractivity contribution is 4.93. The van der Waals surface area contributed by atoms with Crippen LogP contribution in [0.1, 0.15) is 0 Å². The van der Waals surface area contributed by atoms with Crippen molar-refractivity contribution >= 4 is 0 Å². The Hall–Kier alpha value is -0.290. The summed E-state index contributed by atoms with van der Waals surface area (Å²) in [5.41, 5.74) is 4.42. The molecule has 1 radical (unpaired) electrons. The Morgan fingerprint density at radius 1 is 1.44 bits per heavy atom. The van der Waals surface area contributed by atoms with E-state index in [0.29, 0.717) is 0 Å². The van der Waals surface area contributed by atoms with Crippen molar-refractivity contribution in [3.63, 3.8) is 0 Å². The molecule has 0 aromatic heterocycles. The zero-order valence-electron chi connectivity index (χ0n) is 4.50. The molecule has 1 rings (SSSR count). The fourth-order valence-electron chi connectivity index (χ4n) is 0.620. The van der Waals surface area contributed by atoms with Crippen molar-refractivity contribution in [3.8, 4) is 0 Å². The molecule has 1 atom stereocenters. The Kier molecular flexibility index (Phi) is 1.63. The number of hydrogen-bond donors (Lipinski definition) is 2. The molecule has 0 aromatic rings. The summed E-state index contributed by atoms with van der Waals surface area (Å²) in [5.74, 6) is 0. The third-order valence-corrected chi connectivity index (χ3v) is 1.07. The number of halogens is 3. The van der Waals surface area contributed by atoms with Gasteiger partial charge in [-0.3, -0.25) is 5.43 Å². The van der Waals surface area contributed by atoms with E-state index >= 15 is 0 Å². The lowest BCUT2D eigenvalue weighted by Gasteiger charge is -2.12. The van der Waals surface area contributed by atoms with Crippen LogP contribution in [0.15, 0.2) is 0 Å². The smallest absolute Gasteiger partial charge is 0.257 e. The lowest BCUT2D eigenvalue weighted by molar-refractivity contribution is -0.145. The molecule has 5 heteroatoms. The van der Waals surface area contributed by atoms with Crippen LogP contribution in [0.25, 0.3) is 0 Å². The first-order valence-corrected chi connectivity index (χ1v) is 2.49. The van der Waals surface area contributed by atoms with Gasteiger partial charge >= 0.3 is 6.18 Å². The van der Waals surface area contributed by atoms with Crippen LogP contribution in [0, 0.1) is 6.42 Å². The Morgan fingerprint density at radius 3 is 2.33 bits per heavy atom. The molecule has 0 bridgehead atoms. The van der Waals surface area contributed by atoms with E-state index in [1.54, 1.807) is 0 Å². The average Bonchev–Trinajstić information content (AvgIpc) is 2.08. The monoisotopic (exact) mass is 139 g/mol. The van der Waals surface area contributed by atoms with Crippen LogP contribution in [0.2, 0.25) is 0 Å². The molecule has 2 N–H and O–H groups in total. The molecule has 1 aliphatic heterocycles. The van der Waals surface area contributed by atoms with Gasteiger partial charge in [0.2, 0.25) is 0 Å². The second-order valence-electron chi connectivity index (χ2n) is 1.78. The summed E-state index contributed by atoms with van der Waals surface area (Å²) in [7, 11) is 0. The lowest BCUT2D eigenvalue weighted by Crippen LogP contribution is -2.41. The molecule has 0 aliphatic carbocycles. The maximum absolute atomic E-state index is 11.6. The van der Waals surface area contributed by atoms with Crippen molar-refractivity contribution in [2.24, 2.45) is 0 Å². The molecule has 0 aromatic carbocycles. The fourth-order valence-corrected chi connectivity index (χ4v) is 0.620. The van der Waals surface area contributed by atoms with Crippen LogP contribution in [0.5, 0.6) is 0 Å². The molecular weight excluding hydrogens is 133 g/mol. The summed E-state index contributed by atoms with van der Waals surface area (Å²) in [4.78, 5) is 0. The molecule has 2 nitrogen and oxygen atoms in total. The van der Waals surface area contributed by atoms with E-state index in [1.807, 2.05) is 0 Å². The average molecular weight is 139 g/mol. The van der Waals surface area contributed by atoms with Crippen LogP contribution in [-0.2, 0) is 0 Å². The van der Waals surface area contributed by atoms with E-state index in [9.17, 15) is 13.2 Å². The maximum atomic E-state index is 11.6. The normalized spacial score (nSPS) is 29.0. The molecule has 0 saturated carbocycles. The standard InChI is InChI=1S/C4H6F3N2/c5-4(6,7)3-1-2-8-9-3/h1,3,8-9H,2H2. The quantitative estimate of drug-likeness (QED) is 0.502. The highest BCUT2D eigenvalue weighted by atomic mass is 19.4. The molecule has 9 heavy (non-hydrogen) atoms. The van der Waals surface area contributed by atoms with Gasteiger partial charge in [0, 0.05) is 13.0 Å². The minimum atomic E-state index is -4.15. The van der Waals surface area contributed by atoms with Crippen molar-refractivity contribution < 1.29 is 13.2 Å². The summed E-state index contributed by atoms with van der Waals surface area (Å²) in [6.45, 7) is 0.268. The second kappa shape index (κ2) is 2.15. The van der Waals surface area contributed by atoms with Gasteiger partial charge in [-0.05, 0) is 0 Å². The second-order valence-corrected chi connectivity index (χ2v) is 1.78. The fraction of sp³-hybridized carbons (Fsp3) is 0.750. The highest BCUT2D eigenvalue weighted by Crippen LogP contribution is 2.22. The van der Waals surface area contributed by atoms with Gasteiger partial charge in [0.1, 0.15) is 6.04 Å². The Morgan fingerprint density at radius 2 is 2.11 bits per heavy atom. The predicted molar refractivity (Wildman–Crippen MR) is 25.3 cm³/mol. The number of hydrogen-bond acceptors (Lipinski definition) is 2. The Balaban J connectivity index is 2.42. The van der Waals surface area contributed by atoms with Crippen LogP contribution in [0.3, 0.4) is 0 Å². The van der Waals surface area contributed by atoms with Gasteiger partial charge in [-0.25, -0.2) is 5.43 Å². The number of alkyl halides is 3. The van der Waals surface area contributed by atoms with Crippen molar-refractivity contribution in [2.75, 3.05) is 6.54 Å². The third-order valence-electron chi connectivity index (χ3n) is 1.07. The predicted octanol–water partition coefficient (Wildman–Crippen LogP) is 0.229. The molecule has 0 spiro atoms. The number of nitrogens with one attached hydrogen (secondary N) is 2. The minimum Gasteiger partial charge on any atom is -0.257 e. The molecule has 1 heterocycles. The molecule has 1 fully saturated rings. The zero-order chi connectivity index (χ0) is 6.91. The Bertz CT molecular complexity index is 94.5. The lowest BCUT2D eigenvalue weighted by atomic mass is 10.2. The van der Waals surface area contributed by atoms with Crippen molar-refractivity contribution in [1.82, 2.24) is 10.9 Å². The van der Waals surface area contributed by atoms with Crippen molar-refractivity contribution in [3.05, 3.63) is 6.42 Å². The van der Waals surface area contributed by atoms with E-state index in [2.05, 4.69) is 10.9 Å².